The number of nitrogens with one attached hydrogen (secondary N) is 2. The Balaban J connectivity index is 1.38. The van der Waals surface area contributed by atoms with Gasteiger partial charge in [0.1, 0.15) is 17.6 Å². The molecule has 2 aliphatic heterocycles. The van der Waals surface area contributed by atoms with Gasteiger partial charge in [0.2, 0.25) is 11.8 Å². The number of hydrogen-bond donors (Lipinski definition) is 2. The van der Waals surface area contributed by atoms with Crippen molar-refractivity contribution in [1.82, 2.24) is 14.8 Å². The molecule has 200 valence electrons. The van der Waals surface area contributed by atoms with Crippen molar-refractivity contribution in [3.63, 3.8) is 0 Å². The number of likely N-dealkylation sites (tertiary alicyclic amines) is 1. The molecule has 2 N–H and O–H groups in total. The molecule has 4 amide bonds. The highest BCUT2D eigenvalue weighted by molar-refractivity contribution is 6.39. The molecule has 2 aliphatic rings. The lowest BCUT2D eigenvalue weighted by atomic mass is 9.80. The van der Waals surface area contributed by atoms with Crippen LogP contribution in [0.3, 0.4) is 0 Å². The lowest BCUT2D eigenvalue weighted by Crippen LogP contribution is -2.53. The highest BCUT2D eigenvalue weighted by Crippen LogP contribution is 2.46. The molecule has 0 bridgehead atoms. The van der Waals surface area contributed by atoms with Crippen LogP contribution in [-0.4, -0.2) is 64.1 Å². The Hall–Kier alpha value is -4.72. The molecule has 0 radical (unpaired) electrons. The van der Waals surface area contributed by atoms with Crippen molar-refractivity contribution in [2.45, 2.75) is 44.2 Å². The van der Waals surface area contributed by atoms with Gasteiger partial charge < -0.3 is 19.5 Å². The van der Waals surface area contributed by atoms with Crippen molar-refractivity contribution in [2.75, 3.05) is 24.2 Å². The third kappa shape index (κ3) is 4.48. The third-order valence-electron chi connectivity index (χ3n) is 7.39. The monoisotopic (exact) mass is 528 g/mol. The summed E-state index contributed by atoms with van der Waals surface area (Å²) in [6.45, 7) is 3.79. The highest BCUT2D eigenvalue weighted by atomic mass is 16.4. The number of aromatic nitrogens is 1. The highest BCUT2D eigenvalue weighted by Gasteiger charge is 2.56. The second-order valence-electron chi connectivity index (χ2n) is 10.4. The molecule has 5 rings (SSSR count). The average Bonchev–Trinajstić information content (AvgIpc) is 3.59. The Morgan fingerprint density at radius 2 is 1.95 bits per heavy atom. The fourth-order valence-corrected chi connectivity index (χ4v) is 5.43. The fraction of sp³-hybridized carbons (Fsp3) is 0.357. The van der Waals surface area contributed by atoms with Gasteiger partial charge in [-0.3, -0.25) is 24.5 Å². The van der Waals surface area contributed by atoms with E-state index in [2.05, 4.69) is 21.7 Å². The van der Waals surface area contributed by atoms with Crippen LogP contribution in [0.15, 0.2) is 52.9 Å². The van der Waals surface area contributed by atoms with Crippen LogP contribution < -0.4 is 10.6 Å². The number of amides is 4. The smallest absolute Gasteiger partial charge is 0.317 e. The van der Waals surface area contributed by atoms with E-state index in [0.717, 1.165) is 10.5 Å². The Bertz CT molecular complexity index is 1490. The fourth-order valence-electron chi connectivity index (χ4n) is 5.43. The predicted molar refractivity (Wildman–Crippen MR) is 141 cm³/mol. The van der Waals surface area contributed by atoms with E-state index in [1.165, 1.54) is 11.9 Å². The number of carbonyl (C=O) groups is 4. The first-order valence-corrected chi connectivity index (χ1v) is 12.7. The topological polar surface area (TPSA) is 149 Å². The zero-order valence-electron chi connectivity index (χ0n) is 21.8. The van der Waals surface area contributed by atoms with E-state index in [0.29, 0.717) is 16.8 Å². The molecule has 3 atom stereocenters. The van der Waals surface area contributed by atoms with Crippen LogP contribution in [0, 0.1) is 17.2 Å². The molecule has 1 aromatic heterocycles. The quantitative estimate of drug-likeness (QED) is 0.484. The molecule has 0 saturated carbocycles. The van der Waals surface area contributed by atoms with Crippen LogP contribution in [0.2, 0.25) is 0 Å². The molecule has 11 heteroatoms. The minimum absolute atomic E-state index is 0.00136. The maximum atomic E-state index is 13.9. The normalized spacial score (nSPS) is 20.5. The molecule has 39 heavy (non-hydrogen) atoms. The maximum absolute atomic E-state index is 13.9. The van der Waals surface area contributed by atoms with Crippen molar-refractivity contribution < 1.29 is 23.6 Å². The number of hydrogen-bond acceptors (Lipinski definition) is 7. The van der Waals surface area contributed by atoms with Crippen LogP contribution in [0.1, 0.15) is 32.3 Å². The summed E-state index contributed by atoms with van der Waals surface area (Å²) in [5.41, 5.74) is 1.32. The SMILES string of the molecule is CC(C)C[C@@H](C(=O)N1C[C@]2(C[C@H]1C#N)C(=O)Nc1ccccc12)N(C)C(=O)C(=O)Nc1nc2ccccc2o1. The molecule has 0 aliphatic carbocycles. The molecule has 1 saturated heterocycles. The summed E-state index contributed by atoms with van der Waals surface area (Å²) >= 11 is 0. The Morgan fingerprint density at radius 1 is 1.23 bits per heavy atom. The molecule has 3 heterocycles. The first kappa shape index (κ1) is 25.9. The number of anilines is 2. The molecule has 2 aromatic carbocycles. The van der Waals surface area contributed by atoms with E-state index in [-0.39, 0.29) is 37.2 Å². The van der Waals surface area contributed by atoms with E-state index in [4.69, 9.17) is 4.42 Å². The summed E-state index contributed by atoms with van der Waals surface area (Å²) < 4.78 is 5.48. The van der Waals surface area contributed by atoms with Gasteiger partial charge in [-0.1, -0.05) is 44.2 Å². The number of benzene rings is 2. The van der Waals surface area contributed by atoms with Gasteiger partial charge in [-0.15, -0.1) is 0 Å². The van der Waals surface area contributed by atoms with Crippen molar-refractivity contribution in [3.05, 3.63) is 54.1 Å². The van der Waals surface area contributed by atoms with Crippen molar-refractivity contribution in [3.8, 4) is 6.07 Å². The Labute approximate surface area is 224 Å². The average molecular weight is 529 g/mol. The number of fused-ring (bicyclic) bond motifs is 3. The molecule has 3 aromatic rings. The molecular weight excluding hydrogens is 500 g/mol. The van der Waals surface area contributed by atoms with E-state index >= 15 is 0 Å². The molecule has 11 nitrogen and oxygen atoms in total. The van der Waals surface area contributed by atoms with Crippen LogP contribution >= 0.6 is 0 Å². The largest absolute Gasteiger partial charge is 0.423 e. The summed E-state index contributed by atoms with van der Waals surface area (Å²) in [6.07, 6.45) is 0.393. The van der Waals surface area contributed by atoms with E-state index < -0.39 is 35.2 Å². The summed E-state index contributed by atoms with van der Waals surface area (Å²) in [4.78, 5) is 59.7. The number of oxazole rings is 1. The minimum Gasteiger partial charge on any atom is -0.423 e. The van der Waals surface area contributed by atoms with Gasteiger partial charge in [-0.2, -0.15) is 10.2 Å². The van der Waals surface area contributed by atoms with E-state index in [1.807, 2.05) is 32.0 Å². The lowest BCUT2D eigenvalue weighted by Gasteiger charge is -2.33. The number of likely N-dealkylation sites (N-methyl/N-ethyl adjacent to an activating group) is 1. The summed E-state index contributed by atoms with van der Waals surface area (Å²) in [5.74, 6) is -2.73. The zero-order valence-corrected chi connectivity index (χ0v) is 21.8. The number of rotatable bonds is 5. The summed E-state index contributed by atoms with van der Waals surface area (Å²) in [5, 5.41) is 15.2. The van der Waals surface area contributed by atoms with Crippen molar-refractivity contribution in [1.29, 1.82) is 5.26 Å². The van der Waals surface area contributed by atoms with Crippen LogP contribution in [0.5, 0.6) is 0 Å². The van der Waals surface area contributed by atoms with Crippen molar-refractivity contribution >= 4 is 46.4 Å². The first-order valence-electron chi connectivity index (χ1n) is 12.7. The Kier molecular flexibility index (Phi) is 6.56. The van der Waals surface area contributed by atoms with Crippen molar-refractivity contribution in [2.24, 2.45) is 5.92 Å². The van der Waals surface area contributed by atoms with Gasteiger partial charge in [0.25, 0.3) is 0 Å². The summed E-state index contributed by atoms with van der Waals surface area (Å²) in [6, 6.07) is 14.3. The minimum atomic E-state index is -1.05. The molecular formula is C28H28N6O5. The van der Waals surface area contributed by atoms with Gasteiger partial charge in [0.15, 0.2) is 5.58 Å². The molecule has 1 fully saturated rings. The Morgan fingerprint density at radius 3 is 2.67 bits per heavy atom. The van der Waals surface area contributed by atoms with Crippen LogP contribution in [-0.2, 0) is 24.6 Å². The molecule has 0 unspecified atom stereocenters. The number of carbonyl (C=O) groups excluding carboxylic acids is 4. The van der Waals surface area contributed by atoms with Gasteiger partial charge in [0.05, 0.1) is 11.5 Å². The second kappa shape index (κ2) is 9.87. The number of para-hydroxylation sites is 3. The van der Waals surface area contributed by atoms with E-state index in [1.54, 1.807) is 30.3 Å². The zero-order chi connectivity index (χ0) is 27.9. The first-order chi connectivity index (χ1) is 18.6. The van der Waals surface area contributed by atoms with Gasteiger partial charge >= 0.3 is 17.8 Å². The lowest BCUT2D eigenvalue weighted by molar-refractivity contribution is -0.149. The number of nitrogens with zero attached hydrogens (tertiary/aromatic N) is 4. The van der Waals surface area contributed by atoms with Crippen LogP contribution in [0.25, 0.3) is 11.1 Å². The third-order valence-corrected chi connectivity index (χ3v) is 7.39. The second-order valence-corrected chi connectivity index (χ2v) is 10.4. The summed E-state index contributed by atoms with van der Waals surface area (Å²) in [7, 11) is 1.38. The van der Waals surface area contributed by atoms with E-state index in [9.17, 15) is 24.4 Å². The molecule has 1 spiro atoms. The van der Waals surface area contributed by atoms with Gasteiger partial charge in [0, 0.05) is 25.7 Å². The van der Waals surface area contributed by atoms with Crippen LogP contribution in [0.4, 0.5) is 11.7 Å². The van der Waals surface area contributed by atoms with Gasteiger partial charge in [-0.05, 0) is 36.1 Å². The number of nitriles is 1. The standard InChI is InChI=1S/C28H28N6O5/c1-16(2)12-21(33(3)25(37)23(35)32-27-31-20-10-6-7-11-22(20)39-27)24(36)34-15-28(13-17(34)14-29)18-8-4-5-9-19(18)30-26(28)38/h4-11,16-17,21H,12-13,15H2,1-3H3,(H,30,38)(H,31,32,35)/t17-,21-,28-/m0/s1. The van der Waals surface area contributed by atoms with Gasteiger partial charge in [-0.25, -0.2) is 0 Å². The maximum Gasteiger partial charge on any atom is 0.317 e. The predicted octanol–water partition coefficient (Wildman–Crippen LogP) is 2.65.